The molecule has 1 spiro atoms. The topological polar surface area (TPSA) is 72.8 Å². The minimum absolute atomic E-state index is 0.00108. The van der Waals surface area contributed by atoms with Crippen LogP contribution in [0.25, 0.3) is 0 Å². The normalized spacial score (nSPS) is 35.2. The summed E-state index contributed by atoms with van der Waals surface area (Å²) in [5.41, 5.74) is -1.86. The van der Waals surface area contributed by atoms with Crippen molar-refractivity contribution >= 4 is 11.9 Å². The zero-order valence-corrected chi connectivity index (χ0v) is 10.3. The first-order valence-corrected chi connectivity index (χ1v) is 6.64. The first-order chi connectivity index (χ1) is 8.59. The van der Waals surface area contributed by atoms with Gasteiger partial charge in [-0.15, -0.1) is 0 Å². The van der Waals surface area contributed by atoms with Gasteiger partial charge in [-0.3, -0.25) is 4.79 Å². The summed E-state index contributed by atoms with van der Waals surface area (Å²) in [5, 5.41) is 9.52. The van der Waals surface area contributed by atoms with Crippen molar-refractivity contribution in [3.8, 4) is 0 Å². The van der Waals surface area contributed by atoms with E-state index in [2.05, 4.69) is 0 Å². The Balaban J connectivity index is 1.89. The zero-order valence-electron chi connectivity index (χ0n) is 10.3. The van der Waals surface area contributed by atoms with E-state index in [-0.39, 0.29) is 11.9 Å². The van der Waals surface area contributed by atoms with Crippen molar-refractivity contribution in [3.05, 3.63) is 0 Å². The van der Waals surface area contributed by atoms with Crippen molar-refractivity contribution in [1.82, 2.24) is 0 Å². The van der Waals surface area contributed by atoms with Gasteiger partial charge in [0, 0.05) is 25.6 Å². The van der Waals surface area contributed by atoms with E-state index >= 15 is 0 Å². The van der Waals surface area contributed by atoms with Crippen LogP contribution < -0.4 is 0 Å². The van der Waals surface area contributed by atoms with Crippen LogP contribution in [0.5, 0.6) is 0 Å². The van der Waals surface area contributed by atoms with Crippen molar-refractivity contribution in [1.29, 1.82) is 0 Å². The lowest BCUT2D eigenvalue weighted by atomic mass is 9.66. The van der Waals surface area contributed by atoms with Crippen LogP contribution in [0.2, 0.25) is 0 Å². The highest BCUT2D eigenvalue weighted by molar-refractivity contribution is 5.89. The van der Waals surface area contributed by atoms with Crippen molar-refractivity contribution in [3.63, 3.8) is 0 Å². The van der Waals surface area contributed by atoms with Crippen LogP contribution >= 0.6 is 0 Å². The van der Waals surface area contributed by atoms with Crippen LogP contribution in [-0.2, 0) is 19.1 Å². The van der Waals surface area contributed by atoms with Gasteiger partial charge in [-0.25, -0.2) is 4.79 Å². The Hall–Kier alpha value is -1.10. The van der Waals surface area contributed by atoms with Crippen LogP contribution in [0.1, 0.15) is 38.5 Å². The second-order valence-corrected chi connectivity index (χ2v) is 5.78. The number of carbonyl (C=O) groups excluding carboxylic acids is 1. The van der Waals surface area contributed by atoms with Crippen LogP contribution in [0.15, 0.2) is 0 Å². The number of carboxylic acids is 1. The fourth-order valence-electron chi connectivity index (χ4n) is 3.42. The molecule has 3 aliphatic rings. The molecule has 1 atom stereocenters. The molecule has 2 saturated heterocycles. The first kappa shape index (κ1) is 12.0. The molecule has 1 aliphatic carbocycles. The highest BCUT2D eigenvalue weighted by Gasteiger charge is 2.64. The van der Waals surface area contributed by atoms with Crippen LogP contribution in [0.4, 0.5) is 0 Å². The number of cyclic esters (lactones) is 1. The maximum absolute atomic E-state index is 12.2. The molecule has 5 heteroatoms. The molecule has 0 bridgehead atoms. The maximum atomic E-state index is 12.2. The van der Waals surface area contributed by atoms with E-state index < -0.39 is 17.0 Å². The third kappa shape index (κ3) is 1.49. The maximum Gasteiger partial charge on any atom is 0.348 e. The van der Waals surface area contributed by atoms with Crippen molar-refractivity contribution in [2.45, 2.75) is 44.1 Å². The van der Waals surface area contributed by atoms with Gasteiger partial charge in [-0.2, -0.15) is 0 Å². The monoisotopic (exact) mass is 254 g/mol. The van der Waals surface area contributed by atoms with Crippen LogP contribution in [-0.4, -0.2) is 35.9 Å². The lowest BCUT2D eigenvalue weighted by Crippen LogP contribution is -2.49. The van der Waals surface area contributed by atoms with Gasteiger partial charge in [0.1, 0.15) is 0 Å². The van der Waals surface area contributed by atoms with E-state index in [0.717, 1.165) is 19.3 Å². The summed E-state index contributed by atoms with van der Waals surface area (Å²) >= 11 is 0. The Morgan fingerprint density at radius 2 is 1.94 bits per heavy atom. The van der Waals surface area contributed by atoms with Gasteiger partial charge in [0.15, 0.2) is 0 Å². The number of rotatable bonds is 2. The van der Waals surface area contributed by atoms with Gasteiger partial charge in [0.05, 0.1) is 5.41 Å². The second kappa shape index (κ2) is 3.95. The van der Waals surface area contributed by atoms with Crippen LogP contribution in [0, 0.1) is 11.3 Å². The summed E-state index contributed by atoms with van der Waals surface area (Å²) in [4.78, 5) is 23.8. The Labute approximate surface area is 105 Å². The Kier molecular flexibility index (Phi) is 2.62. The van der Waals surface area contributed by atoms with E-state index in [4.69, 9.17) is 9.47 Å². The fraction of sp³-hybridized carbons (Fsp3) is 0.846. The van der Waals surface area contributed by atoms with Gasteiger partial charge in [0.25, 0.3) is 0 Å². The summed E-state index contributed by atoms with van der Waals surface area (Å²) in [5.74, 6) is -1.29. The molecule has 0 amide bonds. The molecule has 1 saturated carbocycles. The molecule has 5 nitrogen and oxygen atoms in total. The average Bonchev–Trinajstić information content (AvgIpc) is 2.52. The van der Waals surface area contributed by atoms with Gasteiger partial charge in [-0.1, -0.05) is 6.42 Å². The number of carbonyl (C=O) groups is 2. The van der Waals surface area contributed by atoms with Crippen molar-refractivity contribution in [2.24, 2.45) is 11.3 Å². The molecule has 3 rings (SSSR count). The molecule has 1 N–H and O–H groups in total. The molecule has 1 unspecified atom stereocenters. The molecular weight excluding hydrogens is 236 g/mol. The third-order valence-electron chi connectivity index (χ3n) is 4.89. The first-order valence-electron chi connectivity index (χ1n) is 6.64. The molecule has 100 valence electrons. The smallest absolute Gasteiger partial charge is 0.348 e. The average molecular weight is 254 g/mol. The summed E-state index contributed by atoms with van der Waals surface area (Å²) in [7, 11) is 0. The molecule has 0 radical (unpaired) electrons. The molecule has 2 aliphatic heterocycles. The fourth-order valence-corrected chi connectivity index (χ4v) is 3.42. The Morgan fingerprint density at radius 3 is 2.44 bits per heavy atom. The van der Waals surface area contributed by atoms with Crippen LogP contribution in [0.3, 0.4) is 0 Å². The van der Waals surface area contributed by atoms with Gasteiger partial charge in [-0.05, 0) is 25.7 Å². The van der Waals surface area contributed by atoms with E-state index in [0.29, 0.717) is 32.5 Å². The second-order valence-electron chi connectivity index (χ2n) is 5.78. The quantitative estimate of drug-likeness (QED) is 0.753. The number of esters is 1. The molecule has 3 fully saturated rings. The van der Waals surface area contributed by atoms with Gasteiger partial charge < -0.3 is 14.6 Å². The van der Waals surface area contributed by atoms with E-state index in [9.17, 15) is 14.7 Å². The summed E-state index contributed by atoms with van der Waals surface area (Å²) < 4.78 is 10.7. The predicted molar refractivity (Wildman–Crippen MR) is 60.9 cm³/mol. The highest BCUT2D eigenvalue weighted by atomic mass is 16.6. The molecule has 2 heterocycles. The summed E-state index contributed by atoms with van der Waals surface area (Å²) in [6, 6.07) is 0. The lowest BCUT2D eigenvalue weighted by Gasteiger charge is -2.38. The number of ether oxygens (including phenoxy) is 2. The van der Waals surface area contributed by atoms with E-state index in [1.807, 2.05) is 0 Å². The lowest BCUT2D eigenvalue weighted by molar-refractivity contribution is -0.180. The predicted octanol–water partition coefficient (Wildman–Crippen LogP) is 1.35. The molecule has 0 aromatic rings. The highest BCUT2D eigenvalue weighted by Crippen LogP contribution is 2.54. The number of aliphatic carboxylic acids is 1. The van der Waals surface area contributed by atoms with E-state index in [1.165, 1.54) is 0 Å². The van der Waals surface area contributed by atoms with Crippen molar-refractivity contribution in [2.75, 3.05) is 13.2 Å². The van der Waals surface area contributed by atoms with Gasteiger partial charge >= 0.3 is 11.9 Å². The van der Waals surface area contributed by atoms with Crippen molar-refractivity contribution < 1.29 is 24.2 Å². The number of carboxylic acid groups (broad SMARTS) is 1. The third-order valence-corrected chi connectivity index (χ3v) is 4.89. The Morgan fingerprint density at radius 1 is 1.28 bits per heavy atom. The standard InChI is InChI=1S/C13H18O5/c14-10(15)13(9-2-1-3-9)8-12(11(16)18-13)4-6-17-7-5-12/h9H,1-8H2,(H,14,15). The molecule has 0 aromatic carbocycles. The number of hydrogen-bond donors (Lipinski definition) is 1. The minimum atomic E-state index is -1.26. The summed E-state index contributed by atoms with van der Waals surface area (Å²) in [6.45, 7) is 1.05. The zero-order chi connectivity index (χ0) is 12.8. The van der Waals surface area contributed by atoms with Gasteiger partial charge in [0.2, 0.25) is 5.60 Å². The largest absolute Gasteiger partial charge is 0.478 e. The minimum Gasteiger partial charge on any atom is -0.478 e. The summed E-state index contributed by atoms with van der Waals surface area (Å²) in [6.07, 6.45) is 4.26. The molecular formula is C13H18O5. The molecule has 0 aromatic heterocycles. The number of hydrogen-bond acceptors (Lipinski definition) is 4. The van der Waals surface area contributed by atoms with E-state index in [1.54, 1.807) is 0 Å². The Bertz CT molecular complexity index is 381. The molecule has 18 heavy (non-hydrogen) atoms. The SMILES string of the molecule is O=C1OC(C(=O)O)(C2CCC2)CC12CCOCC2.